The number of nitrogens with one attached hydrogen (secondary N) is 1. The molecular formula is C56H62ClN7O9S. The number of benzene rings is 3. The Labute approximate surface area is 439 Å². The Morgan fingerprint density at radius 3 is 2.23 bits per heavy atom. The molecule has 18 heteroatoms. The molecule has 3 aromatic heterocycles. The number of esters is 1. The number of ether oxygens (including phenoxy) is 4. The number of carbonyl (C=O) groups is 3. The quantitative estimate of drug-likeness (QED) is 0.0920. The third-order valence-corrected chi connectivity index (χ3v) is 15.9. The first-order valence-corrected chi connectivity index (χ1v) is 26.1. The van der Waals surface area contributed by atoms with Crippen LogP contribution in [0.25, 0.3) is 21.4 Å². The zero-order chi connectivity index (χ0) is 53.0. The molecule has 388 valence electrons. The van der Waals surface area contributed by atoms with Gasteiger partial charge in [-0.3, -0.25) is 9.59 Å². The number of hydrogen-bond acceptors (Lipinski definition) is 15. The number of aliphatic hydroxyl groups excluding tert-OH is 1. The van der Waals surface area contributed by atoms with Crippen molar-refractivity contribution in [3.05, 3.63) is 118 Å². The smallest absolute Gasteiger partial charge is 0.341 e. The maximum Gasteiger partial charge on any atom is 0.341 e. The van der Waals surface area contributed by atoms with Crippen molar-refractivity contribution < 1.29 is 42.9 Å². The monoisotopic (exact) mass is 1040 g/mol. The number of likely N-dealkylation sites (tertiary alicyclic amines) is 1. The average Bonchev–Trinajstić information content (AvgIpc) is 4.10. The van der Waals surface area contributed by atoms with Crippen LogP contribution >= 0.6 is 22.9 Å². The number of anilines is 1. The van der Waals surface area contributed by atoms with Crippen LogP contribution in [-0.2, 0) is 14.3 Å². The minimum atomic E-state index is -0.942. The van der Waals surface area contributed by atoms with E-state index < -0.39 is 58.5 Å². The van der Waals surface area contributed by atoms with E-state index in [0.29, 0.717) is 58.5 Å². The van der Waals surface area contributed by atoms with E-state index in [0.717, 1.165) is 21.7 Å². The van der Waals surface area contributed by atoms with E-state index in [1.807, 2.05) is 110 Å². The molecule has 3 aromatic carbocycles. The van der Waals surface area contributed by atoms with Crippen molar-refractivity contribution in [3.8, 4) is 28.0 Å². The zero-order valence-electron chi connectivity index (χ0n) is 43.2. The number of hydrogen-bond donors (Lipinski definition) is 2. The number of fused-ring (bicyclic) bond motifs is 1. The molecule has 2 amide bonds. The van der Waals surface area contributed by atoms with Gasteiger partial charge < -0.3 is 43.6 Å². The first kappa shape index (κ1) is 52.3. The lowest BCUT2D eigenvalue weighted by atomic mass is 9.51. The first-order chi connectivity index (χ1) is 35.0. The van der Waals surface area contributed by atoms with Crippen LogP contribution in [0.5, 0.6) is 11.5 Å². The van der Waals surface area contributed by atoms with Gasteiger partial charge >= 0.3 is 5.97 Å². The summed E-state index contributed by atoms with van der Waals surface area (Å²) < 4.78 is 31.2. The summed E-state index contributed by atoms with van der Waals surface area (Å²) in [5, 5.41) is 24.1. The highest BCUT2D eigenvalue weighted by Gasteiger charge is 2.66. The van der Waals surface area contributed by atoms with Crippen LogP contribution in [0, 0.1) is 34.5 Å². The van der Waals surface area contributed by atoms with Crippen LogP contribution in [0.4, 0.5) is 5.95 Å². The summed E-state index contributed by atoms with van der Waals surface area (Å²) in [6, 6.07) is 20.8. The summed E-state index contributed by atoms with van der Waals surface area (Å²) in [4.78, 5) is 59.7. The molecule has 2 saturated heterocycles. The van der Waals surface area contributed by atoms with Crippen molar-refractivity contribution in [2.24, 2.45) is 16.2 Å². The first-order valence-electron chi connectivity index (χ1n) is 24.8. The summed E-state index contributed by atoms with van der Waals surface area (Å²) in [7, 11) is 0. The van der Waals surface area contributed by atoms with Gasteiger partial charge in [-0.25, -0.2) is 19.7 Å². The van der Waals surface area contributed by atoms with Gasteiger partial charge in [0.15, 0.2) is 5.76 Å². The summed E-state index contributed by atoms with van der Waals surface area (Å²) >= 11 is 7.85. The molecule has 1 unspecified atom stereocenters. The fourth-order valence-corrected chi connectivity index (χ4v) is 11.9. The van der Waals surface area contributed by atoms with Crippen molar-refractivity contribution in [3.63, 3.8) is 0 Å². The third kappa shape index (κ3) is 10.4. The van der Waals surface area contributed by atoms with Crippen molar-refractivity contribution in [2.75, 3.05) is 24.5 Å². The number of carbonyl (C=O) groups excluding carboxylic acids is 3. The molecule has 0 radical (unpaired) electrons. The highest BCUT2D eigenvalue weighted by Crippen LogP contribution is 2.57. The molecular weight excluding hydrogens is 982 g/mol. The van der Waals surface area contributed by atoms with Gasteiger partial charge in [0.25, 0.3) is 5.91 Å². The highest BCUT2D eigenvalue weighted by atomic mass is 35.5. The zero-order valence-corrected chi connectivity index (χ0v) is 44.8. The molecule has 1 aliphatic carbocycles. The van der Waals surface area contributed by atoms with Crippen LogP contribution in [0.1, 0.15) is 113 Å². The summed E-state index contributed by atoms with van der Waals surface area (Å²) in [5.74, 6) is 0.176. The van der Waals surface area contributed by atoms with Gasteiger partial charge in [-0.05, 0) is 74.1 Å². The van der Waals surface area contributed by atoms with Gasteiger partial charge in [-0.2, -0.15) is 5.26 Å². The fraction of sp³-hybridized carbons (Fsp3) is 0.446. The van der Waals surface area contributed by atoms with E-state index >= 15 is 0 Å². The van der Waals surface area contributed by atoms with Crippen LogP contribution in [0.3, 0.4) is 0 Å². The minimum Gasteiger partial charge on any atom is -0.489 e. The second kappa shape index (κ2) is 20.3. The van der Waals surface area contributed by atoms with Gasteiger partial charge in [0.1, 0.15) is 47.5 Å². The molecule has 9 rings (SSSR count). The number of β-amino-alcohol motifs (C(OH)–C–C–N with tert-alkyl or cyclic N) is 1. The molecule has 6 aromatic rings. The van der Waals surface area contributed by atoms with Gasteiger partial charge in [0.05, 0.1) is 69.7 Å². The topological polar surface area (TPSA) is 202 Å². The summed E-state index contributed by atoms with van der Waals surface area (Å²) in [6.07, 6.45) is 0.859. The average molecular weight is 1040 g/mol. The number of amides is 2. The molecule has 5 heterocycles. The predicted octanol–water partition coefficient (Wildman–Crippen LogP) is 9.76. The number of aryl methyl sites for hydroxylation is 1. The van der Waals surface area contributed by atoms with Gasteiger partial charge in [0, 0.05) is 47.3 Å². The number of furan rings is 1. The second-order valence-corrected chi connectivity index (χ2v) is 23.3. The van der Waals surface area contributed by atoms with Crippen LogP contribution in [0.15, 0.2) is 89.1 Å². The summed E-state index contributed by atoms with van der Waals surface area (Å²) in [6.45, 7) is 20.6. The predicted molar refractivity (Wildman–Crippen MR) is 280 cm³/mol. The normalized spacial score (nSPS) is 21.4. The standard InChI is InChI=1S/C56H62ClN7O9S/c1-30-46(74-29-61-30)34-13-11-33(12-14-34)31(2)69-32(3)43-20-38(65)26-64(43)49(67)47(54(4,5)6)62-48(66)45-19-35-15-17-40(22-44(35)72-45)70-41-27-63(28-41)53-59-24-37(25-60-53)50(68)73-52-55(7,8)51(56(52,9)10)71-39-18-16-36(23-58)42(57)21-39/h11-19,21-22,24-25,29,31-32,38,41,43,47,51-52,65H,20,26-28H2,1-10H3,(H,62,66)/t31-,32?,38+,43-,47+,51?,52?/m0/s1. The number of thiazole rings is 1. The molecule has 2 aliphatic heterocycles. The molecule has 74 heavy (non-hydrogen) atoms. The molecule has 1 saturated carbocycles. The van der Waals surface area contributed by atoms with Gasteiger partial charge in [0.2, 0.25) is 11.9 Å². The Kier molecular flexibility index (Phi) is 14.3. The second-order valence-electron chi connectivity index (χ2n) is 22.0. The fourth-order valence-electron chi connectivity index (χ4n) is 10.9. The lowest BCUT2D eigenvalue weighted by Gasteiger charge is -2.61. The van der Waals surface area contributed by atoms with Crippen LogP contribution in [-0.4, -0.2) is 105 Å². The van der Waals surface area contributed by atoms with Crippen LogP contribution < -0.4 is 19.7 Å². The number of halogens is 1. The number of nitrogens with zero attached hydrogens (tertiary/aromatic N) is 6. The Balaban J connectivity index is 0.770. The molecule has 3 aliphatic rings. The van der Waals surface area contributed by atoms with E-state index in [1.165, 1.54) is 12.4 Å². The maximum absolute atomic E-state index is 14.5. The van der Waals surface area contributed by atoms with Gasteiger partial charge in [-0.15, -0.1) is 11.3 Å². The van der Waals surface area contributed by atoms with E-state index in [2.05, 4.69) is 32.4 Å². The Morgan fingerprint density at radius 2 is 1.59 bits per heavy atom. The van der Waals surface area contributed by atoms with Crippen LogP contribution in [0.2, 0.25) is 5.02 Å². The number of aromatic nitrogens is 3. The molecule has 16 nitrogen and oxygen atoms in total. The van der Waals surface area contributed by atoms with Crippen molar-refractivity contribution >= 4 is 57.6 Å². The number of aliphatic hydroxyl groups is 1. The molecule has 5 atom stereocenters. The number of rotatable bonds is 15. The summed E-state index contributed by atoms with van der Waals surface area (Å²) in [5.41, 5.74) is 4.16. The number of nitriles is 1. The van der Waals surface area contributed by atoms with Gasteiger partial charge in [-0.1, -0.05) is 84.3 Å². The highest BCUT2D eigenvalue weighted by molar-refractivity contribution is 7.13. The lowest BCUT2D eigenvalue weighted by Crippen LogP contribution is -2.70. The molecule has 0 bridgehead atoms. The lowest BCUT2D eigenvalue weighted by molar-refractivity contribution is -0.236. The van der Waals surface area contributed by atoms with E-state index in [1.54, 1.807) is 46.6 Å². The largest absolute Gasteiger partial charge is 0.489 e. The third-order valence-electron chi connectivity index (χ3n) is 14.6. The Morgan fingerprint density at radius 1 is 0.919 bits per heavy atom. The van der Waals surface area contributed by atoms with Crippen molar-refractivity contribution in [1.29, 1.82) is 5.26 Å². The van der Waals surface area contributed by atoms with E-state index in [-0.39, 0.29) is 42.1 Å². The minimum absolute atomic E-state index is 0.0438. The van der Waals surface area contributed by atoms with E-state index in [4.69, 9.17) is 35.0 Å². The Bertz CT molecular complexity index is 3090. The SMILES string of the molecule is Cc1ncsc1-c1ccc([C@H](C)OC(C)[C@@H]2C[C@@H](O)CN2C(=O)[C@@H](NC(=O)c2cc3ccc(OC4CN(c5ncc(C(=O)OC6C(C)(C)C(Oc7ccc(C#N)c(Cl)c7)C6(C)C)cn5)C4)cc3o2)C(C)(C)C)cc1. The molecule has 3 fully saturated rings. The Hall–Kier alpha value is -6.58. The van der Waals surface area contributed by atoms with Crippen molar-refractivity contribution in [1.82, 2.24) is 25.2 Å². The maximum atomic E-state index is 14.5. The molecule has 0 spiro atoms. The van der Waals surface area contributed by atoms with Crippen molar-refractivity contribution in [2.45, 2.75) is 124 Å². The van der Waals surface area contributed by atoms with E-state index in [9.17, 15) is 24.8 Å². The molecule has 2 N–H and O–H groups in total.